The predicted molar refractivity (Wildman–Crippen MR) is 84.1 cm³/mol. The Labute approximate surface area is 131 Å². The first-order chi connectivity index (χ1) is 10.3. The summed E-state index contributed by atoms with van der Waals surface area (Å²) >= 11 is 0. The molecule has 22 heavy (non-hydrogen) atoms. The average molecular weight is 323 g/mol. The van der Waals surface area contributed by atoms with Crippen molar-refractivity contribution in [2.45, 2.75) is 31.6 Å². The van der Waals surface area contributed by atoms with E-state index in [4.69, 9.17) is 5.11 Å². The van der Waals surface area contributed by atoms with Crippen molar-refractivity contribution >= 4 is 16.0 Å². The second kappa shape index (κ2) is 6.62. The highest BCUT2D eigenvalue weighted by atomic mass is 32.2. The quantitative estimate of drug-likeness (QED) is 0.864. The summed E-state index contributed by atoms with van der Waals surface area (Å²) in [5.74, 6) is -0.925. The number of piperidine rings is 1. The largest absolute Gasteiger partial charge is 0.481 e. The number of aliphatic carboxylic acids is 1. The summed E-state index contributed by atoms with van der Waals surface area (Å²) in [7, 11) is -3.53. The number of hydrogen-bond acceptors (Lipinski definition) is 3. The van der Waals surface area contributed by atoms with Gasteiger partial charge in [-0.3, -0.25) is 4.79 Å². The minimum atomic E-state index is -3.53. The van der Waals surface area contributed by atoms with E-state index in [2.05, 4.69) is 0 Å². The highest BCUT2D eigenvalue weighted by Gasteiger charge is 2.32. The molecule has 0 unspecified atom stereocenters. The van der Waals surface area contributed by atoms with Crippen LogP contribution >= 0.6 is 0 Å². The van der Waals surface area contributed by atoms with Crippen LogP contribution in [0.5, 0.6) is 0 Å². The van der Waals surface area contributed by atoms with Crippen LogP contribution in [0, 0.1) is 12.8 Å². The van der Waals surface area contributed by atoms with E-state index >= 15 is 0 Å². The smallest absolute Gasteiger partial charge is 0.303 e. The molecule has 1 N–H and O–H groups in total. The third-order valence-corrected chi connectivity index (χ3v) is 5.92. The molecule has 0 saturated carbocycles. The normalized spacial score (nSPS) is 21.9. The monoisotopic (exact) mass is 323 g/mol. The molecule has 1 aliphatic rings. The van der Waals surface area contributed by atoms with Crippen LogP contribution in [0.1, 0.15) is 25.3 Å². The summed E-state index contributed by atoms with van der Waals surface area (Å²) in [4.78, 5) is 11.2. The van der Waals surface area contributed by atoms with Gasteiger partial charge in [-0.05, 0) is 38.3 Å². The number of carbonyl (C=O) groups is 1. The minimum Gasteiger partial charge on any atom is -0.481 e. The maximum absolute atomic E-state index is 12.7. The zero-order valence-electron chi connectivity index (χ0n) is 12.8. The van der Waals surface area contributed by atoms with E-state index in [1.807, 2.05) is 19.9 Å². The summed E-state index contributed by atoms with van der Waals surface area (Å²) in [5, 5.41) is 8.95. The first kappa shape index (κ1) is 16.7. The fourth-order valence-electron chi connectivity index (χ4n) is 2.73. The molecule has 1 fully saturated rings. The standard InChI is InChI=1S/C16H21NO4S/c1-3-13-11-17(9-8-14(13)10-16(18)19)22(20,21)15-6-4-12(2)5-7-15/h3-7,14H,8-11H2,1-2H3,(H,18,19)/t14-/m1/s1. The molecule has 1 aliphatic heterocycles. The molecule has 1 aromatic carbocycles. The summed E-state index contributed by atoms with van der Waals surface area (Å²) < 4.78 is 26.8. The van der Waals surface area contributed by atoms with Gasteiger partial charge in [-0.1, -0.05) is 29.3 Å². The maximum Gasteiger partial charge on any atom is 0.303 e. The number of sulfonamides is 1. The van der Waals surface area contributed by atoms with Gasteiger partial charge in [-0.15, -0.1) is 0 Å². The van der Waals surface area contributed by atoms with Gasteiger partial charge in [0.1, 0.15) is 0 Å². The number of carboxylic acid groups (broad SMARTS) is 1. The third kappa shape index (κ3) is 3.56. The van der Waals surface area contributed by atoms with Gasteiger partial charge in [0.2, 0.25) is 10.0 Å². The van der Waals surface area contributed by atoms with Crippen LogP contribution in [-0.4, -0.2) is 36.9 Å². The molecule has 1 saturated heterocycles. The van der Waals surface area contributed by atoms with Crippen molar-refractivity contribution in [3.05, 3.63) is 41.5 Å². The SMILES string of the molecule is CC=C1CN(S(=O)(=O)c2ccc(C)cc2)CC[C@@H]1CC(=O)O. The van der Waals surface area contributed by atoms with Gasteiger partial charge in [0.05, 0.1) is 11.3 Å². The molecule has 6 heteroatoms. The lowest BCUT2D eigenvalue weighted by molar-refractivity contribution is -0.137. The number of carboxylic acids is 1. The van der Waals surface area contributed by atoms with Crippen molar-refractivity contribution in [2.24, 2.45) is 5.92 Å². The van der Waals surface area contributed by atoms with E-state index in [0.29, 0.717) is 13.0 Å². The van der Waals surface area contributed by atoms with Crippen molar-refractivity contribution in [3.8, 4) is 0 Å². The summed E-state index contributed by atoms with van der Waals surface area (Å²) in [6.45, 7) is 4.36. The Kier molecular flexibility index (Phi) is 5.03. The molecular weight excluding hydrogens is 302 g/mol. The van der Waals surface area contributed by atoms with Crippen LogP contribution in [0.2, 0.25) is 0 Å². The molecule has 0 bridgehead atoms. The number of hydrogen-bond donors (Lipinski definition) is 1. The maximum atomic E-state index is 12.7. The lowest BCUT2D eigenvalue weighted by atomic mass is 9.89. The second-order valence-electron chi connectivity index (χ2n) is 5.60. The van der Waals surface area contributed by atoms with Crippen molar-refractivity contribution in [3.63, 3.8) is 0 Å². The van der Waals surface area contributed by atoms with Crippen molar-refractivity contribution in [2.75, 3.05) is 13.1 Å². The molecule has 1 heterocycles. The summed E-state index contributed by atoms with van der Waals surface area (Å²) in [5.41, 5.74) is 1.89. The predicted octanol–water partition coefficient (Wildman–Crippen LogP) is 2.43. The highest BCUT2D eigenvalue weighted by molar-refractivity contribution is 7.89. The molecular formula is C16H21NO4S. The Balaban J connectivity index is 2.20. The highest BCUT2D eigenvalue weighted by Crippen LogP contribution is 2.29. The van der Waals surface area contributed by atoms with Crippen LogP contribution in [0.3, 0.4) is 0 Å². The fraction of sp³-hybridized carbons (Fsp3) is 0.438. The first-order valence-electron chi connectivity index (χ1n) is 7.28. The molecule has 120 valence electrons. The topological polar surface area (TPSA) is 74.7 Å². The van der Waals surface area contributed by atoms with Gasteiger partial charge in [0.25, 0.3) is 0 Å². The van der Waals surface area contributed by atoms with Crippen LogP contribution < -0.4 is 0 Å². The number of aryl methyl sites for hydroxylation is 1. The van der Waals surface area contributed by atoms with Crippen molar-refractivity contribution in [1.82, 2.24) is 4.31 Å². The van der Waals surface area contributed by atoms with Crippen LogP contribution in [0.15, 0.2) is 40.8 Å². The Morgan fingerprint density at radius 2 is 2.00 bits per heavy atom. The molecule has 0 aromatic heterocycles. The van der Waals surface area contributed by atoms with Crippen molar-refractivity contribution < 1.29 is 18.3 Å². The van der Waals surface area contributed by atoms with E-state index in [1.54, 1.807) is 24.3 Å². The van der Waals surface area contributed by atoms with Crippen LogP contribution in [0.25, 0.3) is 0 Å². The molecule has 0 aliphatic carbocycles. The fourth-order valence-corrected chi connectivity index (χ4v) is 4.18. The first-order valence-corrected chi connectivity index (χ1v) is 8.72. The minimum absolute atomic E-state index is 0.0537. The lowest BCUT2D eigenvalue weighted by Gasteiger charge is -2.33. The zero-order chi connectivity index (χ0) is 16.3. The van der Waals surface area contributed by atoms with Gasteiger partial charge in [0, 0.05) is 13.1 Å². The Morgan fingerprint density at radius 1 is 1.36 bits per heavy atom. The Bertz CT molecular complexity index is 677. The van der Waals surface area contributed by atoms with E-state index in [9.17, 15) is 13.2 Å². The van der Waals surface area contributed by atoms with Crippen LogP contribution in [0.4, 0.5) is 0 Å². The summed E-state index contributed by atoms with van der Waals surface area (Å²) in [6.07, 6.45) is 2.43. The van der Waals surface area contributed by atoms with Crippen LogP contribution in [-0.2, 0) is 14.8 Å². The van der Waals surface area contributed by atoms with Gasteiger partial charge >= 0.3 is 5.97 Å². The number of allylic oxidation sites excluding steroid dienone is 1. The summed E-state index contributed by atoms with van der Waals surface area (Å²) in [6, 6.07) is 6.79. The van der Waals surface area contributed by atoms with Gasteiger partial charge in [-0.25, -0.2) is 8.42 Å². The van der Waals surface area contributed by atoms with Gasteiger partial charge < -0.3 is 5.11 Å². The molecule has 0 radical (unpaired) electrons. The molecule has 1 atom stereocenters. The van der Waals surface area contributed by atoms with E-state index in [-0.39, 0.29) is 23.8 Å². The molecule has 1 aromatic rings. The Morgan fingerprint density at radius 3 is 2.55 bits per heavy atom. The Hall–Kier alpha value is -1.66. The van der Waals surface area contributed by atoms with Crippen molar-refractivity contribution in [1.29, 1.82) is 0 Å². The van der Waals surface area contributed by atoms with E-state index in [1.165, 1.54) is 4.31 Å². The molecule has 0 amide bonds. The van der Waals surface area contributed by atoms with E-state index < -0.39 is 16.0 Å². The second-order valence-corrected chi connectivity index (χ2v) is 7.54. The average Bonchev–Trinajstić information content (AvgIpc) is 2.47. The van der Waals surface area contributed by atoms with E-state index in [0.717, 1.165) is 11.1 Å². The molecule has 2 rings (SSSR count). The lowest BCUT2D eigenvalue weighted by Crippen LogP contribution is -2.40. The third-order valence-electron chi connectivity index (χ3n) is 4.06. The zero-order valence-corrected chi connectivity index (χ0v) is 13.6. The van der Waals surface area contributed by atoms with Gasteiger partial charge in [0.15, 0.2) is 0 Å². The number of nitrogens with zero attached hydrogens (tertiary/aromatic N) is 1. The molecule has 0 spiro atoms. The van der Waals surface area contributed by atoms with Gasteiger partial charge in [-0.2, -0.15) is 4.31 Å². The number of rotatable bonds is 4. The number of benzene rings is 1. The molecule has 5 nitrogen and oxygen atoms in total.